The van der Waals surface area contributed by atoms with Crippen LogP contribution in [0.15, 0.2) is 54.2 Å². The van der Waals surface area contributed by atoms with Crippen molar-refractivity contribution in [2.75, 3.05) is 50.0 Å². The number of carboxylic acids is 1. The van der Waals surface area contributed by atoms with E-state index >= 15 is 38.4 Å². The summed E-state index contributed by atoms with van der Waals surface area (Å²) in [6, 6.07) is -10.0. The van der Waals surface area contributed by atoms with Crippen LogP contribution in [0.5, 0.6) is 0 Å². The van der Waals surface area contributed by atoms with Gasteiger partial charge in [0.2, 0.25) is 100 Å². The largest absolute Gasteiger partial charge is 0.481 e. The maximum absolute atomic E-state index is 16.2. The molecule has 3 unspecified atom stereocenters. The van der Waals surface area contributed by atoms with Gasteiger partial charge in [-0.1, -0.05) is 133 Å². The van der Waals surface area contributed by atoms with Gasteiger partial charge in [-0.15, -0.1) is 11.8 Å². The molecule has 1 aromatic rings. The number of Topliss-reactive ketones (excluding diaryl/α,β-unsaturated/α-hetero) is 1. The molecule has 6 rings (SSSR count). The predicted molar refractivity (Wildman–Crippen MR) is 468 cm³/mol. The number of nitrogens with zero attached hydrogens (tertiary/aromatic N) is 1. The smallest absolute Gasteiger partial charge is 0.303 e. The summed E-state index contributed by atoms with van der Waals surface area (Å²) in [5, 5.41) is 51.3. The van der Waals surface area contributed by atoms with Crippen LogP contribution in [-0.4, -0.2) is 272 Å². The van der Waals surface area contributed by atoms with Gasteiger partial charge in [0, 0.05) is 76.2 Å². The summed E-state index contributed by atoms with van der Waals surface area (Å²) >= 11 is 3.88. The lowest BCUT2D eigenvalue weighted by molar-refractivity contribution is -0.142. The molecule has 4 saturated heterocycles. The number of carbonyl (C=O) groups is 20. The first-order valence-corrected chi connectivity index (χ1v) is 46.0. The summed E-state index contributed by atoms with van der Waals surface area (Å²) in [6.45, 7) is 22.2. The number of hydrogen-bond donors (Lipinski definition) is 18. The standard InChI is InChI=1S/C82H122N18O21S4/c1-15-42(8)65-77(116)83-25-27-122-46(12)66-79(118)88-44(10)70(109)89-51(23-24-63(106)107)72(111)94-56(75(114)96-65)38-124-45(11)50(71(110)90-52(28-39(2)3)73(112)98-66)31-58(101)55-37-125-48(14)68(99-74(113)53(30-49-20-17-16-18-21-49)91-80(119)67-47(13)123-36-43(9)69(108)97-67)81(120)92-54(29-40(4)5)82(121)100-26-19-22-57(100)76(115)87-34-61(104)85-32-59(102)84-33-60(103)86-35-62(105)95-64(41(6)7)78(117)93-55/h16-18,20-21,25,27,39-43,45-48,50-57,64-68H,10,15,19,22-24,26,28-38H2,1-9,11-14H3,(H,83,116)(H,84,102)(H,85,104)(H,86,103)(H,87,115)(H,88,118)(H,89,109)(H,90,110)(H,91,119)(H,92,120)(H,93,117)(H,94,111)(H,95,105)(H,96,114)(H,97,108)(H,98,112)(H,99,113)(H,106,107)/b27-25-/t42?,43?,45-,46-,47-,48-,50+,51-,52-,53-,54-,55-,56-,57-,64-,65-,66+,67?,68+/m0/s1. The molecule has 4 fully saturated rings. The Balaban J connectivity index is 1.56. The van der Waals surface area contributed by atoms with Gasteiger partial charge in [0.25, 0.3) is 5.91 Å². The average Bonchev–Trinajstić information content (AvgIpc) is 1.75. The van der Waals surface area contributed by atoms with Crippen molar-refractivity contribution in [3.8, 4) is 0 Å². The molecule has 0 aliphatic carbocycles. The molecule has 39 nitrogen and oxygen atoms in total. The van der Waals surface area contributed by atoms with Crippen LogP contribution in [0.3, 0.4) is 0 Å². The Kier molecular flexibility index (Phi) is 41.5. The average molecular weight is 1820 g/mol. The van der Waals surface area contributed by atoms with Crippen molar-refractivity contribution in [3.05, 3.63) is 59.8 Å². The highest BCUT2D eigenvalue weighted by Crippen LogP contribution is 2.30. The van der Waals surface area contributed by atoms with Crippen molar-refractivity contribution in [3.63, 3.8) is 0 Å². The third-order valence-electron chi connectivity index (χ3n) is 21.6. The quantitative estimate of drug-likeness (QED) is 0.0509. The normalized spacial score (nSPS) is 29.0. The number of aliphatic carboxylic acids is 1. The minimum atomic E-state index is -1.82. The maximum atomic E-state index is 16.2. The number of benzene rings is 1. The lowest BCUT2D eigenvalue weighted by atomic mass is 9.93. The van der Waals surface area contributed by atoms with Crippen molar-refractivity contribution in [2.45, 2.75) is 241 Å². The van der Waals surface area contributed by atoms with Crippen molar-refractivity contribution in [1.29, 1.82) is 0 Å². The van der Waals surface area contributed by atoms with Gasteiger partial charge < -0.3 is 100 Å². The highest BCUT2D eigenvalue weighted by molar-refractivity contribution is 8.02. The Morgan fingerprint density at radius 2 is 1.17 bits per heavy atom. The first-order valence-electron chi connectivity index (χ1n) is 41.9. The van der Waals surface area contributed by atoms with E-state index in [1.54, 1.807) is 85.7 Å². The summed E-state index contributed by atoms with van der Waals surface area (Å²) in [5.41, 5.74) is -0.136. The molecule has 43 heteroatoms. The predicted octanol–water partition coefficient (Wildman–Crippen LogP) is -2.35. The van der Waals surface area contributed by atoms with E-state index in [0.29, 0.717) is 24.2 Å². The van der Waals surface area contributed by atoms with Gasteiger partial charge in [0.15, 0.2) is 5.78 Å². The van der Waals surface area contributed by atoms with E-state index in [2.05, 4.69) is 97.0 Å². The van der Waals surface area contributed by atoms with E-state index in [1.807, 2.05) is 0 Å². The molecule has 690 valence electrons. The van der Waals surface area contributed by atoms with Gasteiger partial charge in [-0.25, -0.2) is 0 Å². The first-order chi connectivity index (χ1) is 59.0. The fraction of sp³-hybridized carbons (Fsp3) is 0.634. The molecular weight excluding hydrogens is 1700 g/mol. The van der Waals surface area contributed by atoms with Crippen molar-refractivity contribution in [1.82, 2.24) is 95.3 Å². The molecule has 0 aromatic heterocycles. The van der Waals surface area contributed by atoms with E-state index < -0.39 is 304 Å². The van der Waals surface area contributed by atoms with Crippen LogP contribution in [0.25, 0.3) is 0 Å². The van der Waals surface area contributed by atoms with Crippen LogP contribution in [0, 0.1) is 35.5 Å². The van der Waals surface area contributed by atoms with Crippen LogP contribution < -0.4 is 90.4 Å². The number of hydrogen-bond acceptors (Lipinski definition) is 24. The van der Waals surface area contributed by atoms with Crippen molar-refractivity contribution in [2.24, 2.45) is 35.5 Å². The van der Waals surface area contributed by atoms with Gasteiger partial charge in [-0.3, -0.25) is 95.9 Å². The van der Waals surface area contributed by atoms with E-state index in [-0.39, 0.29) is 38.1 Å². The Morgan fingerprint density at radius 3 is 1.79 bits per heavy atom. The first kappa shape index (κ1) is 103. The second kappa shape index (κ2) is 50.1. The summed E-state index contributed by atoms with van der Waals surface area (Å²) in [5.74, 6) is -23.8. The highest BCUT2D eigenvalue weighted by atomic mass is 32.2. The third-order valence-corrected chi connectivity index (χ3v) is 26.7. The number of rotatable bonds is 19. The number of nitrogens with one attached hydrogen (secondary N) is 17. The SMILES string of the molecule is C=C1NC(=O)[C@@H]2NC(=O)[C@H](CC(C)C)NC(=O)[C@H](CC(=O)[C@@H]3CS[C@@H](C)[C@@H](NC(=O)[C@H](Cc4ccccc4)NC(=O)C4NC(=O)C(C)CS[C@H]4C)C(=O)N[C@@H](CC(C)C)C(=O)N4CCC[C@H]4C(=O)NCC(=O)NCC(=O)NCC(=O)NCC(=O)N[C@@H](C(C)C)C(=O)N3)[C@H](C)SC[C@H](NC(=O)[C@H](CCC(=O)O)NC1=O)C(=O)N[C@@H](C(C)CC)C(=O)N/C=C\S[C@H]2C. The lowest BCUT2D eigenvalue weighted by Crippen LogP contribution is -2.62. The minimum absolute atomic E-state index is 0.00674. The highest BCUT2D eigenvalue weighted by Gasteiger charge is 2.45. The van der Waals surface area contributed by atoms with E-state index in [1.165, 1.54) is 62.9 Å². The lowest BCUT2D eigenvalue weighted by Gasteiger charge is -2.33. The Bertz CT molecular complexity index is 4160. The van der Waals surface area contributed by atoms with Gasteiger partial charge in [-0.2, -0.15) is 35.3 Å². The van der Waals surface area contributed by atoms with E-state index in [4.69, 9.17) is 0 Å². The van der Waals surface area contributed by atoms with Crippen molar-refractivity contribution < 1.29 is 101 Å². The van der Waals surface area contributed by atoms with Gasteiger partial charge >= 0.3 is 5.97 Å². The number of amides is 18. The number of carboxylic acid groups (broad SMARTS) is 1. The topological polar surface area (TPSA) is 569 Å². The van der Waals surface area contributed by atoms with Crippen LogP contribution in [0.2, 0.25) is 0 Å². The van der Waals surface area contributed by atoms with Gasteiger partial charge in [0.05, 0.1) is 43.8 Å². The summed E-state index contributed by atoms with van der Waals surface area (Å²) in [6.07, 6.45) is -0.688. The fourth-order valence-corrected chi connectivity index (χ4v) is 18.1. The minimum Gasteiger partial charge on any atom is -0.481 e. The third kappa shape index (κ3) is 32.6. The van der Waals surface area contributed by atoms with Crippen LogP contribution in [0.1, 0.15) is 147 Å². The molecule has 18 amide bonds. The Hall–Kier alpha value is -10.3. The summed E-state index contributed by atoms with van der Waals surface area (Å²) in [7, 11) is 0. The summed E-state index contributed by atoms with van der Waals surface area (Å²) < 4.78 is 0. The second-order valence-corrected chi connectivity index (χ2v) is 38.5. The molecule has 0 radical (unpaired) electrons. The number of thioether (sulfide) groups is 4. The second-order valence-electron chi connectivity index (χ2n) is 33.0. The zero-order valence-corrected chi connectivity index (χ0v) is 75.9. The van der Waals surface area contributed by atoms with Crippen LogP contribution in [-0.2, 0) is 102 Å². The molecule has 5 heterocycles. The van der Waals surface area contributed by atoms with E-state index in [0.717, 1.165) is 35.3 Å². The molecule has 5 aliphatic heterocycles. The number of carbonyl (C=O) groups excluding carboxylic acids is 19. The molecule has 1 aromatic carbocycles. The maximum Gasteiger partial charge on any atom is 0.303 e. The molecule has 18 N–H and O–H groups in total. The van der Waals surface area contributed by atoms with Crippen LogP contribution in [0.4, 0.5) is 0 Å². The molecular formula is C82H122N18O21S4. The molecule has 5 aliphatic rings. The zero-order valence-electron chi connectivity index (χ0n) is 72.7. The summed E-state index contributed by atoms with van der Waals surface area (Å²) in [4.78, 5) is 290. The van der Waals surface area contributed by atoms with Gasteiger partial charge in [0.1, 0.15) is 66.5 Å². The van der Waals surface area contributed by atoms with Gasteiger partial charge in [-0.05, 0) is 66.7 Å². The monoisotopic (exact) mass is 1820 g/mol. The van der Waals surface area contributed by atoms with E-state index in [9.17, 15) is 62.6 Å². The molecule has 125 heavy (non-hydrogen) atoms. The molecule has 0 spiro atoms. The van der Waals surface area contributed by atoms with Crippen molar-refractivity contribution >= 4 is 165 Å². The Labute approximate surface area is 743 Å². The zero-order chi connectivity index (χ0) is 92.8. The molecule has 2 bridgehead atoms. The number of ketones is 1. The molecule has 0 saturated carbocycles. The molecule has 19 atom stereocenters. The fourth-order valence-electron chi connectivity index (χ4n) is 13.9. The Morgan fingerprint density at radius 1 is 0.568 bits per heavy atom. The van der Waals surface area contributed by atoms with Crippen LogP contribution >= 0.6 is 47.0 Å². The number of fused-ring (bicyclic) bond motifs is 10.